The summed E-state index contributed by atoms with van der Waals surface area (Å²) in [5.74, 6) is 0.641. The van der Waals surface area contributed by atoms with Gasteiger partial charge in [0.05, 0.1) is 0 Å². The Hall–Kier alpha value is -0.850. The van der Waals surface area contributed by atoms with Crippen molar-refractivity contribution >= 4 is 5.71 Å². The summed E-state index contributed by atoms with van der Waals surface area (Å²) in [7, 11) is 0. The summed E-state index contributed by atoms with van der Waals surface area (Å²) in [4.78, 5) is 4.34. The van der Waals surface area contributed by atoms with Crippen LogP contribution in [-0.2, 0) is 0 Å². The van der Waals surface area contributed by atoms with Crippen molar-refractivity contribution in [3.05, 3.63) is 24.8 Å². The Morgan fingerprint density at radius 1 is 1.55 bits per heavy atom. The van der Waals surface area contributed by atoms with Crippen molar-refractivity contribution in [2.75, 3.05) is 6.54 Å². The van der Waals surface area contributed by atoms with Crippen molar-refractivity contribution < 1.29 is 0 Å². The minimum Gasteiger partial charge on any atom is -0.290 e. The van der Waals surface area contributed by atoms with Crippen LogP contribution in [0.1, 0.15) is 20.8 Å². The quantitative estimate of drug-likeness (QED) is 0.433. The van der Waals surface area contributed by atoms with Crippen LogP contribution < -0.4 is 0 Å². The molecular weight excluding hydrogens is 134 g/mol. The molecule has 0 aromatic rings. The largest absolute Gasteiger partial charge is 0.290 e. The van der Waals surface area contributed by atoms with Crippen LogP contribution in [0.25, 0.3) is 0 Å². The number of allylic oxidation sites excluding steroid dienone is 3. The first-order valence-electron chi connectivity index (χ1n) is 3.97. The van der Waals surface area contributed by atoms with E-state index in [1.165, 1.54) is 0 Å². The molecular formula is C10H17N. The zero-order valence-corrected chi connectivity index (χ0v) is 7.67. The second-order valence-corrected chi connectivity index (χ2v) is 2.97. The van der Waals surface area contributed by atoms with E-state index in [0.29, 0.717) is 5.92 Å². The highest BCUT2D eigenvalue weighted by Crippen LogP contribution is 1.93. The summed E-state index contributed by atoms with van der Waals surface area (Å²) in [6, 6.07) is 0. The summed E-state index contributed by atoms with van der Waals surface area (Å²) in [5, 5.41) is 0. The first kappa shape index (κ1) is 10.2. The third kappa shape index (κ3) is 7.04. The molecule has 0 fully saturated rings. The lowest BCUT2D eigenvalue weighted by Gasteiger charge is -1.97. The van der Waals surface area contributed by atoms with Gasteiger partial charge in [-0.3, -0.25) is 4.99 Å². The van der Waals surface area contributed by atoms with Gasteiger partial charge in [0.1, 0.15) is 0 Å². The predicted molar refractivity (Wildman–Crippen MR) is 52.2 cm³/mol. The molecule has 0 aromatic carbocycles. The highest BCUT2D eigenvalue weighted by molar-refractivity contribution is 5.92. The normalized spacial score (nSPS) is 12.9. The van der Waals surface area contributed by atoms with Crippen molar-refractivity contribution in [3.8, 4) is 0 Å². The fourth-order valence-electron chi connectivity index (χ4n) is 0.587. The van der Waals surface area contributed by atoms with Crippen LogP contribution in [0.4, 0.5) is 0 Å². The Morgan fingerprint density at radius 3 is 2.64 bits per heavy atom. The fourth-order valence-corrected chi connectivity index (χ4v) is 0.587. The number of rotatable bonds is 4. The van der Waals surface area contributed by atoms with Gasteiger partial charge < -0.3 is 0 Å². The van der Waals surface area contributed by atoms with E-state index in [1.807, 2.05) is 19.1 Å². The number of nitrogens with zero attached hydrogens (tertiary/aromatic N) is 1. The van der Waals surface area contributed by atoms with Crippen LogP contribution in [0.3, 0.4) is 0 Å². The van der Waals surface area contributed by atoms with Crippen LogP contribution in [-0.4, -0.2) is 12.3 Å². The van der Waals surface area contributed by atoms with Gasteiger partial charge in [-0.15, -0.1) is 0 Å². The van der Waals surface area contributed by atoms with Gasteiger partial charge in [0.2, 0.25) is 0 Å². The Morgan fingerprint density at radius 2 is 2.18 bits per heavy atom. The molecule has 62 valence electrons. The lowest BCUT2D eigenvalue weighted by Crippen LogP contribution is -1.95. The Kier molecular flexibility index (Phi) is 5.44. The lowest BCUT2D eigenvalue weighted by molar-refractivity contribution is 0.666. The van der Waals surface area contributed by atoms with E-state index in [-0.39, 0.29) is 0 Å². The number of hydrogen-bond acceptors (Lipinski definition) is 1. The number of hydrogen-bond donors (Lipinski definition) is 0. The molecule has 0 rings (SSSR count). The van der Waals surface area contributed by atoms with Gasteiger partial charge in [0, 0.05) is 12.3 Å². The van der Waals surface area contributed by atoms with E-state index in [4.69, 9.17) is 0 Å². The summed E-state index contributed by atoms with van der Waals surface area (Å²) >= 11 is 0. The molecule has 11 heavy (non-hydrogen) atoms. The molecule has 0 saturated heterocycles. The minimum atomic E-state index is 0.641. The molecule has 0 amide bonds. The zero-order chi connectivity index (χ0) is 8.69. The predicted octanol–water partition coefficient (Wildman–Crippen LogP) is 2.85. The van der Waals surface area contributed by atoms with Gasteiger partial charge in [-0.25, -0.2) is 0 Å². The van der Waals surface area contributed by atoms with Crippen molar-refractivity contribution in [2.45, 2.75) is 20.8 Å². The molecule has 1 nitrogen and oxygen atoms in total. The molecule has 0 aliphatic heterocycles. The highest BCUT2D eigenvalue weighted by atomic mass is 14.7. The van der Waals surface area contributed by atoms with Crippen molar-refractivity contribution in [3.63, 3.8) is 0 Å². The van der Waals surface area contributed by atoms with E-state index in [9.17, 15) is 0 Å². The SMILES string of the molecule is C=C/C=C\C(C)=N\CC(C)C. The molecule has 0 heterocycles. The molecule has 1 heteroatoms. The molecule has 0 bridgehead atoms. The average molecular weight is 151 g/mol. The second kappa shape index (κ2) is 5.90. The Bertz CT molecular complexity index is 164. The van der Waals surface area contributed by atoms with Gasteiger partial charge in [0.15, 0.2) is 0 Å². The first-order chi connectivity index (χ1) is 5.16. The molecule has 0 N–H and O–H groups in total. The third-order valence-corrected chi connectivity index (χ3v) is 1.18. The van der Waals surface area contributed by atoms with Gasteiger partial charge >= 0.3 is 0 Å². The maximum Gasteiger partial charge on any atom is 0.0415 e. The van der Waals surface area contributed by atoms with E-state index in [2.05, 4.69) is 25.4 Å². The maximum absolute atomic E-state index is 4.34. The number of aliphatic imine (C=N–C) groups is 1. The molecule has 0 atom stereocenters. The molecule has 0 spiro atoms. The van der Waals surface area contributed by atoms with E-state index in [0.717, 1.165) is 12.3 Å². The average Bonchev–Trinajstić information content (AvgIpc) is 1.97. The summed E-state index contributed by atoms with van der Waals surface area (Å²) in [5.41, 5.74) is 1.07. The van der Waals surface area contributed by atoms with E-state index in [1.54, 1.807) is 6.08 Å². The summed E-state index contributed by atoms with van der Waals surface area (Å²) in [6.07, 6.45) is 5.63. The molecule has 0 aliphatic rings. The van der Waals surface area contributed by atoms with Crippen molar-refractivity contribution in [1.82, 2.24) is 0 Å². The molecule has 0 unspecified atom stereocenters. The van der Waals surface area contributed by atoms with Gasteiger partial charge in [0.25, 0.3) is 0 Å². The van der Waals surface area contributed by atoms with Gasteiger partial charge in [-0.1, -0.05) is 32.6 Å². The second-order valence-electron chi connectivity index (χ2n) is 2.97. The van der Waals surface area contributed by atoms with Crippen molar-refractivity contribution in [1.29, 1.82) is 0 Å². The van der Waals surface area contributed by atoms with Crippen LogP contribution >= 0.6 is 0 Å². The lowest BCUT2D eigenvalue weighted by atomic mass is 10.2. The molecule has 0 saturated carbocycles. The molecule has 0 aliphatic carbocycles. The van der Waals surface area contributed by atoms with Crippen LogP contribution in [0.15, 0.2) is 29.8 Å². The standard InChI is InChI=1S/C10H17N/c1-5-6-7-10(4)11-8-9(2)3/h5-7,9H,1,8H2,2-4H3/b7-6-,11-10+. The topological polar surface area (TPSA) is 12.4 Å². The van der Waals surface area contributed by atoms with E-state index >= 15 is 0 Å². The summed E-state index contributed by atoms with van der Waals surface area (Å²) in [6.45, 7) is 10.8. The van der Waals surface area contributed by atoms with Crippen LogP contribution in [0.5, 0.6) is 0 Å². The van der Waals surface area contributed by atoms with Crippen LogP contribution in [0.2, 0.25) is 0 Å². The van der Waals surface area contributed by atoms with Gasteiger partial charge in [-0.2, -0.15) is 0 Å². The van der Waals surface area contributed by atoms with E-state index < -0.39 is 0 Å². The monoisotopic (exact) mass is 151 g/mol. The highest BCUT2D eigenvalue weighted by Gasteiger charge is 1.89. The summed E-state index contributed by atoms with van der Waals surface area (Å²) < 4.78 is 0. The Labute approximate surface area is 69.5 Å². The van der Waals surface area contributed by atoms with Crippen LogP contribution in [0, 0.1) is 5.92 Å². The zero-order valence-electron chi connectivity index (χ0n) is 7.67. The minimum absolute atomic E-state index is 0.641. The maximum atomic E-state index is 4.34. The van der Waals surface area contributed by atoms with Gasteiger partial charge in [-0.05, 0) is 18.9 Å². The van der Waals surface area contributed by atoms with Crippen molar-refractivity contribution in [2.24, 2.45) is 10.9 Å². The smallest absolute Gasteiger partial charge is 0.0415 e. The first-order valence-corrected chi connectivity index (χ1v) is 3.97. The molecule has 0 aromatic heterocycles. The third-order valence-electron chi connectivity index (χ3n) is 1.18. The fraction of sp³-hybridized carbons (Fsp3) is 0.500. The Balaban J connectivity index is 3.80. The molecule has 0 radical (unpaired) electrons.